The molecule has 0 amide bonds. The van der Waals surface area contributed by atoms with Gasteiger partial charge < -0.3 is 9.47 Å². The van der Waals surface area contributed by atoms with Gasteiger partial charge in [0.15, 0.2) is 0 Å². The van der Waals surface area contributed by atoms with Crippen LogP contribution in [-0.4, -0.2) is 49.1 Å². The van der Waals surface area contributed by atoms with Gasteiger partial charge in [0.1, 0.15) is 0 Å². The quantitative estimate of drug-likeness (QED) is 0.164. The number of carbonyl (C=O) groups is 2. The molecule has 0 saturated carbocycles. The van der Waals surface area contributed by atoms with Gasteiger partial charge in [-0.1, -0.05) is 66.2 Å². The van der Waals surface area contributed by atoms with Gasteiger partial charge in [-0.2, -0.15) is 0 Å². The van der Waals surface area contributed by atoms with Crippen LogP contribution < -0.4 is 0 Å². The summed E-state index contributed by atoms with van der Waals surface area (Å²) < 4.78 is 10.1. The molecule has 0 atom stereocenters. The molecule has 0 aromatic carbocycles. The van der Waals surface area contributed by atoms with E-state index in [1.54, 1.807) is 0 Å². The standard InChI is InChI=1S/C20H36O4.Sn/c1-17(2)11-7-5-9-15-23-19(21)13-14-20(22)24-16-10-6-8-12-18(3)4;/h13-14,17-18H,5-12,15-16H2,1-4H3;/b14-13-;. The summed E-state index contributed by atoms with van der Waals surface area (Å²) in [5, 5.41) is 0. The average Bonchev–Trinajstić information content (AvgIpc) is 2.51. The monoisotopic (exact) mass is 460 g/mol. The van der Waals surface area contributed by atoms with Crippen LogP contribution in [0.1, 0.15) is 79.1 Å². The van der Waals surface area contributed by atoms with Crippen LogP contribution in [0.2, 0.25) is 0 Å². The molecule has 0 aliphatic heterocycles. The van der Waals surface area contributed by atoms with Crippen molar-refractivity contribution in [1.82, 2.24) is 0 Å². The summed E-state index contributed by atoms with van der Waals surface area (Å²) in [5.41, 5.74) is 0. The van der Waals surface area contributed by atoms with Crippen molar-refractivity contribution in [2.45, 2.75) is 79.1 Å². The molecule has 0 aromatic rings. The molecule has 0 aliphatic carbocycles. The second-order valence-electron chi connectivity index (χ2n) is 7.15. The van der Waals surface area contributed by atoms with Crippen LogP contribution in [0.4, 0.5) is 0 Å². The second kappa shape index (κ2) is 18.3. The maximum absolute atomic E-state index is 11.5. The Morgan fingerprint density at radius 2 is 1.04 bits per heavy atom. The smallest absolute Gasteiger partial charge is 0.331 e. The fraction of sp³-hybridized carbons (Fsp3) is 0.800. The maximum Gasteiger partial charge on any atom is 0.331 e. The Morgan fingerprint density at radius 1 is 0.680 bits per heavy atom. The molecule has 0 rings (SSSR count). The Morgan fingerprint density at radius 3 is 1.36 bits per heavy atom. The van der Waals surface area contributed by atoms with Crippen LogP contribution in [0.25, 0.3) is 0 Å². The molecule has 0 fully saturated rings. The molecule has 5 heteroatoms. The molecule has 0 bridgehead atoms. The predicted octanol–water partition coefficient (Wildman–Crippen LogP) is 4.68. The molecule has 0 saturated heterocycles. The normalized spacial score (nSPS) is 11.0. The van der Waals surface area contributed by atoms with Crippen LogP contribution >= 0.6 is 0 Å². The summed E-state index contributed by atoms with van der Waals surface area (Å²) in [6.45, 7) is 9.63. The van der Waals surface area contributed by atoms with Gasteiger partial charge in [-0.3, -0.25) is 0 Å². The van der Waals surface area contributed by atoms with Crippen molar-refractivity contribution >= 4 is 35.8 Å². The van der Waals surface area contributed by atoms with E-state index in [2.05, 4.69) is 27.7 Å². The zero-order valence-corrected chi connectivity index (χ0v) is 19.4. The third-order valence-corrected chi connectivity index (χ3v) is 3.70. The molecule has 0 aliphatic rings. The van der Waals surface area contributed by atoms with Crippen molar-refractivity contribution in [2.75, 3.05) is 13.2 Å². The van der Waals surface area contributed by atoms with E-state index in [-0.39, 0.29) is 23.9 Å². The first-order valence-corrected chi connectivity index (χ1v) is 9.43. The van der Waals surface area contributed by atoms with Crippen molar-refractivity contribution in [2.24, 2.45) is 11.8 Å². The van der Waals surface area contributed by atoms with Gasteiger partial charge in [0.05, 0.1) is 13.2 Å². The van der Waals surface area contributed by atoms with Crippen LogP contribution in [0, 0.1) is 11.8 Å². The summed E-state index contributed by atoms with van der Waals surface area (Å²) in [4.78, 5) is 22.9. The molecule has 0 unspecified atom stereocenters. The Bertz CT molecular complexity index is 331. The Kier molecular flexibility index (Phi) is 19.5. The second-order valence-corrected chi connectivity index (χ2v) is 7.15. The van der Waals surface area contributed by atoms with E-state index in [1.165, 1.54) is 12.8 Å². The minimum atomic E-state index is -0.479. The first kappa shape index (κ1) is 26.7. The summed E-state index contributed by atoms with van der Waals surface area (Å²) in [6.07, 6.45) is 10.9. The SMILES string of the molecule is CC(C)CCCCCOC(=O)/C=C\C(=O)OCCCCCC(C)C.[Sn]. The number of hydrogen-bond acceptors (Lipinski definition) is 4. The average molecular weight is 459 g/mol. The van der Waals surface area contributed by atoms with Crippen LogP contribution in [0.5, 0.6) is 0 Å². The molecule has 0 aromatic heterocycles. The predicted molar refractivity (Wildman–Crippen MR) is 103 cm³/mol. The van der Waals surface area contributed by atoms with Gasteiger partial charge in [0.25, 0.3) is 0 Å². The molecule has 25 heavy (non-hydrogen) atoms. The summed E-state index contributed by atoms with van der Waals surface area (Å²) in [6, 6.07) is 0. The molecular formula is C20H36O4Sn. The van der Waals surface area contributed by atoms with Crippen molar-refractivity contribution in [3.05, 3.63) is 12.2 Å². The summed E-state index contributed by atoms with van der Waals surface area (Å²) >= 11 is 0. The first-order chi connectivity index (χ1) is 11.4. The van der Waals surface area contributed by atoms with Crippen molar-refractivity contribution in [3.63, 3.8) is 0 Å². The molecule has 0 heterocycles. The molecule has 0 N–H and O–H groups in total. The number of ether oxygens (including phenoxy) is 2. The Labute approximate surface area is 171 Å². The molecular weight excluding hydrogens is 423 g/mol. The topological polar surface area (TPSA) is 52.6 Å². The van der Waals surface area contributed by atoms with Crippen LogP contribution in [0.15, 0.2) is 12.2 Å². The maximum atomic E-state index is 11.5. The Hall–Kier alpha value is -0.521. The minimum Gasteiger partial charge on any atom is -0.463 e. The van der Waals surface area contributed by atoms with E-state index < -0.39 is 11.9 Å². The van der Waals surface area contributed by atoms with Gasteiger partial charge in [0.2, 0.25) is 0 Å². The molecule has 144 valence electrons. The number of esters is 2. The van der Waals surface area contributed by atoms with Crippen molar-refractivity contribution in [1.29, 1.82) is 0 Å². The zero-order chi connectivity index (χ0) is 18.2. The number of rotatable bonds is 14. The molecule has 4 radical (unpaired) electrons. The van der Waals surface area contributed by atoms with Crippen LogP contribution in [0.3, 0.4) is 0 Å². The summed E-state index contributed by atoms with van der Waals surface area (Å²) in [5.74, 6) is 0.480. The van der Waals surface area contributed by atoms with Gasteiger partial charge in [-0.25, -0.2) is 9.59 Å². The van der Waals surface area contributed by atoms with E-state index >= 15 is 0 Å². The van der Waals surface area contributed by atoms with E-state index in [0.29, 0.717) is 13.2 Å². The minimum absolute atomic E-state index is 0. The Balaban J connectivity index is 0. The fourth-order valence-corrected chi connectivity index (χ4v) is 2.24. The fourth-order valence-electron chi connectivity index (χ4n) is 2.24. The van der Waals surface area contributed by atoms with Crippen molar-refractivity contribution < 1.29 is 19.1 Å². The van der Waals surface area contributed by atoms with E-state index in [4.69, 9.17) is 9.47 Å². The van der Waals surface area contributed by atoms with Gasteiger partial charge in [0, 0.05) is 36.1 Å². The van der Waals surface area contributed by atoms with E-state index in [1.807, 2.05) is 0 Å². The zero-order valence-electron chi connectivity index (χ0n) is 16.5. The third-order valence-electron chi connectivity index (χ3n) is 3.70. The van der Waals surface area contributed by atoms with Gasteiger partial charge in [-0.05, 0) is 24.7 Å². The summed E-state index contributed by atoms with van der Waals surface area (Å²) in [7, 11) is 0. The number of carbonyl (C=O) groups excluding carboxylic acids is 2. The van der Waals surface area contributed by atoms with Crippen LogP contribution in [-0.2, 0) is 19.1 Å². The van der Waals surface area contributed by atoms with E-state index in [0.717, 1.165) is 62.5 Å². The molecule has 4 nitrogen and oxygen atoms in total. The first-order valence-electron chi connectivity index (χ1n) is 9.43. The van der Waals surface area contributed by atoms with E-state index in [9.17, 15) is 9.59 Å². The number of hydrogen-bond donors (Lipinski definition) is 0. The van der Waals surface area contributed by atoms with Gasteiger partial charge >= 0.3 is 11.9 Å². The number of unbranched alkanes of at least 4 members (excludes halogenated alkanes) is 4. The van der Waals surface area contributed by atoms with Crippen molar-refractivity contribution in [3.8, 4) is 0 Å². The van der Waals surface area contributed by atoms with Gasteiger partial charge in [-0.15, -0.1) is 0 Å². The third kappa shape index (κ3) is 21.4. The molecule has 0 spiro atoms. The largest absolute Gasteiger partial charge is 0.463 e.